The predicted octanol–water partition coefficient (Wildman–Crippen LogP) is 7.20. The van der Waals surface area contributed by atoms with Gasteiger partial charge in [-0.2, -0.15) is 0 Å². The van der Waals surface area contributed by atoms with Crippen molar-refractivity contribution in [2.24, 2.45) is 5.92 Å². The number of unbranched alkanes of at least 4 members (excludes halogenated alkanes) is 15. The van der Waals surface area contributed by atoms with Gasteiger partial charge in [0.2, 0.25) is 0 Å². The molecule has 24 heavy (non-hydrogen) atoms. The molecule has 0 unspecified atom stereocenters. The van der Waals surface area contributed by atoms with Crippen molar-refractivity contribution in [3.63, 3.8) is 0 Å². The van der Waals surface area contributed by atoms with E-state index in [4.69, 9.17) is 4.74 Å². The highest BCUT2D eigenvalue weighted by atomic mass is 16.5. The summed E-state index contributed by atoms with van der Waals surface area (Å²) in [5, 5.41) is 0. The van der Waals surface area contributed by atoms with Crippen molar-refractivity contribution in [3.05, 3.63) is 0 Å². The van der Waals surface area contributed by atoms with Crippen molar-refractivity contribution >= 4 is 5.97 Å². The van der Waals surface area contributed by atoms with Gasteiger partial charge in [0.15, 0.2) is 0 Å². The van der Waals surface area contributed by atoms with Crippen LogP contribution in [-0.2, 0) is 9.53 Å². The van der Waals surface area contributed by atoms with E-state index >= 15 is 0 Å². The zero-order valence-electron chi connectivity index (χ0n) is 16.3. The molecule has 0 spiro atoms. The van der Waals surface area contributed by atoms with Gasteiger partial charge in [-0.1, -0.05) is 103 Å². The van der Waals surface area contributed by atoms with E-state index in [0.29, 0.717) is 6.61 Å². The fourth-order valence-electron chi connectivity index (χ4n) is 3.26. The Morgan fingerprint density at radius 1 is 0.667 bits per heavy atom. The molecule has 1 rings (SSSR count). The number of hydrogen-bond donors (Lipinski definition) is 0. The molecule has 0 aromatic carbocycles. The Morgan fingerprint density at radius 3 is 1.42 bits per heavy atom. The lowest BCUT2D eigenvalue weighted by Gasteiger charge is -2.04. The van der Waals surface area contributed by atoms with Crippen molar-refractivity contribution in [1.82, 2.24) is 0 Å². The molecule has 0 N–H and O–H groups in total. The topological polar surface area (TPSA) is 26.3 Å². The van der Waals surface area contributed by atoms with Gasteiger partial charge in [-0.15, -0.1) is 0 Å². The summed E-state index contributed by atoms with van der Waals surface area (Å²) < 4.78 is 5.25. The summed E-state index contributed by atoms with van der Waals surface area (Å²) in [6.07, 6.45) is 24.2. The van der Waals surface area contributed by atoms with Crippen LogP contribution in [0.3, 0.4) is 0 Å². The maximum Gasteiger partial charge on any atom is 0.308 e. The number of hydrogen-bond acceptors (Lipinski definition) is 2. The van der Waals surface area contributed by atoms with Crippen LogP contribution < -0.4 is 0 Å². The van der Waals surface area contributed by atoms with Crippen LogP contribution in [0.4, 0.5) is 0 Å². The number of rotatable bonds is 18. The lowest BCUT2D eigenvalue weighted by Crippen LogP contribution is -2.07. The average Bonchev–Trinajstić information content (AvgIpc) is 3.42. The molecule has 0 aliphatic heterocycles. The summed E-state index contributed by atoms with van der Waals surface area (Å²) in [5.74, 6) is 0.307. The quantitative estimate of drug-likeness (QED) is 0.195. The van der Waals surface area contributed by atoms with Crippen molar-refractivity contribution in [2.75, 3.05) is 6.61 Å². The maximum atomic E-state index is 11.3. The van der Waals surface area contributed by atoms with Crippen LogP contribution in [0.1, 0.15) is 122 Å². The smallest absolute Gasteiger partial charge is 0.308 e. The van der Waals surface area contributed by atoms with E-state index in [9.17, 15) is 4.79 Å². The first-order chi connectivity index (χ1) is 11.8. The van der Waals surface area contributed by atoms with E-state index in [0.717, 1.165) is 19.3 Å². The van der Waals surface area contributed by atoms with E-state index in [-0.39, 0.29) is 11.9 Å². The fourth-order valence-corrected chi connectivity index (χ4v) is 3.26. The first-order valence-corrected chi connectivity index (χ1v) is 11.0. The largest absolute Gasteiger partial charge is 0.465 e. The van der Waals surface area contributed by atoms with Gasteiger partial charge in [0.05, 0.1) is 12.5 Å². The minimum Gasteiger partial charge on any atom is -0.465 e. The highest BCUT2D eigenvalue weighted by molar-refractivity contribution is 5.74. The van der Waals surface area contributed by atoms with Crippen LogP contribution in [0, 0.1) is 5.92 Å². The summed E-state index contributed by atoms with van der Waals surface area (Å²) in [6, 6.07) is 0. The van der Waals surface area contributed by atoms with Crippen molar-refractivity contribution < 1.29 is 9.53 Å². The van der Waals surface area contributed by atoms with E-state index in [1.807, 2.05) is 0 Å². The summed E-state index contributed by atoms with van der Waals surface area (Å²) in [6.45, 7) is 2.93. The van der Waals surface area contributed by atoms with E-state index in [1.165, 1.54) is 96.3 Å². The molecule has 1 aliphatic rings. The van der Waals surface area contributed by atoms with E-state index < -0.39 is 0 Å². The minimum absolute atomic E-state index is 0.0518. The normalized spacial score (nSPS) is 14.0. The summed E-state index contributed by atoms with van der Waals surface area (Å²) in [5.41, 5.74) is 0. The van der Waals surface area contributed by atoms with Crippen LogP contribution in [0.2, 0.25) is 0 Å². The first kappa shape index (κ1) is 21.5. The van der Waals surface area contributed by atoms with Crippen LogP contribution in [0.5, 0.6) is 0 Å². The van der Waals surface area contributed by atoms with Crippen molar-refractivity contribution in [1.29, 1.82) is 0 Å². The van der Waals surface area contributed by atoms with Crippen molar-refractivity contribution in [2.45, 2.75) is 122 Å². The lowest BCUT2D eigenvalue weighted by atomic mass is 10.0. The molecule has 0 saturated heterocycles. The summed E-state index contributed by atoms with van der Waals surface area (Å²) in [4.78, 5) is 11.3. The fraction of sp³-hybridized carbons (Fsp3) is 0.955. The number of carbonyl (C=O) groups is 1. The van der Waals surface area contributed by atoms with Gasteiger partial charge in [0.1, 0.15) is 0 Å². The zero-order chi connectivity index (χ0) is 17.3. The molecule has 2 heteroatoms. The number of carbonyl (C=O) groups excluding carboxylic acids is 1. The molecule has 142 valence electrons. The standard InChI is InChI=1S/C22H42O2/c1-2-3-4-5-6-7-8-9-10-11-12-13-14-15-16-17-20-24-22(23)21-18-19-21/h21H,2-20H2,1H3. The highest BCUT2D eigenvalue weighted by Crippen LogP contribution is 2.30. The van der Waals surface area contributed by atoms with Crippen LogP contribution in [0.15, 0.2) is 0 Å². The van der Waals surface area contributed by atoms with Gasteiger partial charge in [0, 0.05) is 0 Å². The first-order valence-electron chi connectivity index (χ1n) is 11.0. The molecular formula is C22H42O2. The van der Waals surface area contributed by atoms with Gasteiger partial charge < -0.3 is 4.74 Å². The average molecular weight is 339 g/mol. The molecule has 0 radical (unpaired) electrons. The van der Waals surface area contributed by atoms with Gasteiger partial charge in [-0.05, 0) is 19.3 Å². The predicted molar refractivity (Wildman–Crippen MR) is 103 cm³/mol. The molecule has 0 aromatic heterocycles. The monoisotopic (exact) mass is 338 g/mol. The second-order valence-corrected chi connectivity index (χ2v) is 7.75. The third-order valence-corrected chi connectivity index (χ3v) is 5.15. The zero-order valence-corrected chi connectivity index (χ0v) is 16.3. The van der Waals surface area contributed by atoms with Crippen LogP contribution in [-0.4, -0.2) is 12.6 Å². The molecule has 0 aromatic rings. The third-order valence-electron chi connectivity index (χ3n) is 5.15. The Labute approximate surface area is 151 Å². The van der Waals surface area contributed by atoms with Gasteiger partial charge in [-0.3, -0.25) is 4.79 Å². The SMILES string of the molecule is CCCCCCCCCCCCCCCCCCOC(=O)C1CC1. The van der Waals surface area contributed by atoms with Crippen molar-refractivity contribution in [3.8, 4) is 0 Å². The number of ether oxygens (including phenoxy) is 1. The molecule has 1 saturated carbocycles. The molecule has 0 heterocycles. The van der Waals surface area contributed by atoms with E-state index in [2.05, 4.69) is 6.92 Å². The third kappa shape index (κ3) is 13.9. The van der Waals surface area contributed by atoms with Crippen LogP contribution in [0.25, 0.3) is 0 Å². The minimum atomic E-state index is 0.0518. The maximum absolute atomic E-state index is 11.3. The summed E-state index contributed by atoms with van der Waals surface area (Å²) >= 11 is 0. The Morgan fingerprint density at radius 2 is 1.04 bits per heavy atom. The Balaban J connectivity index is 1.64. The lowest BCUT2D eigenvalue weighted by molar-refractivity contribution is -0.145. The molecule has 1 aliphatic carbocycles. The Bertz CT molecular complexity index is 284. The summed E-state index contributed by atoms with van der Waals surface area (Å²) in [7, 11) is 0. The molecule has 0 bridgehead atoms. The molecule has 1 fully saturated rings. The van der Waals surface area contributed by atoms with Gasteiger partial charge in [-0.25, -0.2) is 0 Å². The molecule has 0 atom stereocenters. The molecule has 0 amide bonds. The second kappa shape index (κ2) is 16.0. The molecular weight excluding hydrogens is 296 g/mol. The van der Waals surface area contributed by atoms with Gasteiger partial charge in [0.25, 0.3) is 0 Å². The Hall–Kier alpha value is -0.530. The highest BCUT2D eigenvalue weighted by Gasteiger charge is 2.30. The second-order valence-electron chi connectivity index (χ2n) is 7.75. The van der Waals surface area contributed by atoms with E-state index in [1.54, 1.807) is 0 Å². The molecule has 2 nitrogen and oxygen atoms in total. The Kier molecular flexibility index (Phi) is 14.3. The van der Waals surface area contributed by atoms with Crippen LogP contribution >= 0.6 is 0 Å². The number of esters is 1. The van der Waals surface area contributed by atoms with Gasteiger partial charge >= 0.3 is 5.97 Å².